The number of primary amides is 1. The van der Waals surface area contributed by atoms with Crippen molar-refractivity contribution >= 4 is 87.9 Å². The quantitative estimate of drug-likeness (QED) is 0.0329. The number of para-hydroxylation sites is 1. The average molecular weight is 1130 g/mol. The third-order valence-electron chi connectivity index (χ3n) is 13.5. The molecular weight excluding hydrogens is 1050 g/mol. The lowest BCUT2D eigenvalue weighted by Crippen LogP contribution is -2.66. The maximum atomic E-state index is 14.7. The number of fused-ring (bicyclic) bond motifs is 1. The fraction of sp³-hybridized carbons (Fsp3) is 0.481. The number of carboxylic acid groups (broad SMARTS) is 1. The highest BCUT2D eigenvalue weighted by Gasteiger charge is 2.41. The second-order valence-electron chi connectivity index (χ2n) is 19.7. The molecule has 0 radical (unpaired) electrons. The Morgan fingerprint density at radius 1 is 0.667 bits per heavy atom. The summed E-state index contributed by atoms with van der Waals surface area (Å²) in [7, 11) is 0. The summed E-state index contributed by atoms with van der Waals surface area (Å²) < 4.78 is 0. The molecule has 29 nitrogen and oxygen atoms in total. The van der Waals surface area contributed by atoms with Gasteiger partial charge in [0.2, 0.25) is 59.1 Å². The van der Waals surface area contributed by atoms with Crippen LogP contribution in [0.5, 0.6) is 0 Å². The molecule has 20 N–H and O–H groups in total. The van der Waals surface area contributed by atoms with Gasteiger partial charge in [0.1, 0.15) is 48.3 Å². The summed E-state index contributed by atoms with van der Waals surface area (Å²) in [6.07, 6.45) is 0.0994. The molecule has 438 valence electrons. The molecule has 2 fully saturated rings. The number of carbonyl (C=O) groups is 11. The Morgan fingerprint density at radius 2 is 1.23 bits per heavy atom. The summed E-state index contributed by atoms with van der Waals surface area (Å²) in [5.41, 5.74) is 18.2. The largest absolute Gasteiger partial charge is 0.480 e. The van der Waals surface area contributed by atoms with Gasteiger partial charge in [-0.15, -0.1) is 0 Å². The predicted octanol–water partition coefficient (Wildman–Crippen LogP) is -3.86. The van der Waals surface area contributed by atoms with E-state index in [1.54, 1.807) is 60.8 Å². The fourth-order valence-corrected chi connectivity index (χ4v) is 9.28. The van der Waals surface area contributed by atoms with Crippen LogP contribution in [0, 0.1) is 10.8 Å². The fourth-order valence-electron chi connectivity index (χ4n) is 9.28. The standard InChI is InChI=1S/C52H73N17O12/c1-28(70)69-27-39(68-49(79)40(69)17-10-22-60-52(56)57)48(78)67-38-25-42(72)58-20-8-7-15-35(50(80)81)64-46(76)37(24-30-26-61-32-14-6-5-13-31(30)32)66-43(73)33(16-9-21-59-51(54)55)62-45(75)36(23-29-11-3-2-4-12-29)65-44(74)34(63-47(38)77)18-19-41(53)71/h2-6,11-14,26,33-40,61H,7-10,15-25,27H2,1H3,(H2,53,71)(H,58,72)(H,62,75)(H,63,77)(H,64,76)(H,65,74)(H,66,73)(H,67,78)(H,68,79)(H,80,81)(H4,54,55,59)(H4,56,57,60)/t33-,34-,35-,36+,37-,38-,39+,40-/m0/s1. The number of H-pyrrole nitrogens is 1. The summed E-state index contributed by atoms with van der Waals surface area (Å²) in [5.74, 6) is -10.9. The Hall–Kier alpha value is -9.31. The van der Waals surface area contributed by atoms with Crippen LogP contribution < -0.4 is 70.4 Å². The van der Waals surface area contributed by atoms with Gasteiger partial charge in [-0.05, 0) is 68.6 Å². The number of aliphatic carboxylic acids is 1. The lowest BCUT2D eigenvalue weighted by atomic mass is 10.0. The van der Waals surface area contributed by atoms with Crippen molar-refractivity contribution in [3.63, 3.8) is 0 Å². The van der Waals surface area contributed by atoms with Crippen molar-refractivity contribution in [2.24, 2.45) is 17.2 Å². The van der Waals surface area contributed by atoms with Crippen molar-refractivity contribution in [2.75, 3.05) is 26.2 Å². The monoisotopic (exact) mass is 1130 g/mol. The minimum atomic E-state index is -1.80. The van der Waals surface area contributed by atoms with Crippen molar-refractivity contribution in [2.45, 2.75) is 132 Å². The van der Waals surface area contributed by atoms with Gasteiger partial charge in [-0.3, -0.25) is 58.8 Å². The highest BCUT2D eigenvalue weighted by atomic mass is 16.4. The van der Waals surface area contributed by atoms with E-state index >= 15 is 0 Å². The van der Waals surface area contributed by atoms with E-state index in [0.29, 0.717) is 28.5 Å². The zero-order chi connectivity index (χ0) is 59.2. The molecule has 0 spiro atoms. The number of aromatic nitrogens is 1. The SMILES string of the molecule is CC(=O)N1C[C@H](C(=O)N[C@H]2CC(=O)NCCCC[C@@H](C(=O)O)NC(=O)[C@H](Cc3c[nH]c4ccccc34)NC(=O)[C@H](CCCNC(=N)N)NC(=O)[C@@H](Cc3ccccc3)NC(=O)[C@H](CCC(N)=O)NC2=O)NC(=O)[C@@H]1CCCNC(=N)N. The highest BCUT2D eigenvalue weighted by Crippen LogP contribution is 2.20. The number of carboxylic acids is 1. The third-order valence-corrected chi connectivity index (χ3v) is 13.5. The zero-order valence-electron chi connectivity index (χ0n) is 44.8. The van der Waals surface area contributed by atoms with E-state index in [-0.39, 0.29) is 89.5 Å². The maximum absolute atomic E-state index is 14.7. The number of hydrogen-bond donors (Lipinski definition) is 17. The van der Waals surface area contributed by atoms with Crippen LogP contribution >= 0.6 is 0 Å². The third kappa shape index (κ3) is 19.8. The summed E-state index contributed by atoms with van der Waals surface area (Å²) in [6.45, 7) is 1.03. The molecular formula is C52H73N17O12. The first-order chi connectivity index (χ1) is 38.6. The lowest BCUT2D eigenvalue weighted by molar-refractivity contribution is -0.146. The van der Waals surface area contributed by atoms with E-state index in [0.717, 1.165) is 0 Å². The van der Waals surface area contributed by atoms with Gasteiger partial charge < -0.3 is 85.4 Å². The Bertz CT molecular complexity index is 2790. The molecule has 5 rings (SSSR count). The topological polar surface area (TPSA) is 473 Å². The number of nitrogens with zero attached hydrogens (tertiary/aromatic N) is 1. The molecule has 2 saturated heterocycles. The zero-order valence-corrected chi connectivity index (χ0v) is 44.8. The summed E-state index contributed by atoms with van der Waals surface area (Å²) >= 11 is 0. The number of aromatic amines is 1. The van der Waals surface area contributed by atoms with Gasteiger partial charge in [0, 0.05) is 62.9 Å². The molecule has 3 heterocycles. The van der Waals surface area contributed by atoms with E-state index in [1.807, 2.05) is 0 Å². The molecule has 0 unspecified atom stereocenters. The van der Waals surface area contributed by atoms with Gasteiger partial charge in [0.25, 0.3) is 0 Å². The normalized spacial score (nSPS) is 22.9. The number of nitrogens with one attached hydrogen (secondary N) is 13. The van der Waals surface area contributed by atoms with Crippen molar-refractivity contribution in [1.29, 1.82) is 10.8 Å². The van der Waals surface area contributed by atoms with Crippen molar-refractivity contribution in [3.05, 3.63) is 71.9 Å². The Labute approximate surface area is 465 Å². The number of hydrogen-bond acceptors (Lipinski definition) is 13. The van der Waals surface area contributed by atoms with Crippen LogP contribution in [-0.2, 0) is 65.6 Å². The molecule has 3 aromatic rings. The van der Waals surface area contributed by atoms with Crippen molar-refractivity contribution in [3.8, 4) is 0 Å². The van der Waals surface area contributed by atoms with Crippen LogP contribution in [-0.4, -0.2) is 166 Å². The number of benzene rings is 2. The lowest BCUT2D eigenvalue weighted by Gasteiger charge is -2.38. The first kappa shape index (κ1) is 62.5. The summed E-state index contributed by atoms with van der Waals surface area (Å²) in [4.78, 5) is 156. The molecule has 2 aliphatic rings. The van der Waals surface area contributed by atoms with Crippen LogP contribution in [0.1, 0.15) is 82.3 Å². The van der Waals surface area contributed by atoms with E-state index in [2.05, 4.69) is 58.2 Å². The summed E-state index contributed by atoms with van der Waals surface area (Å²) in [5, 5.41) is 51.8. The van der Waals surface area contributed by atoms with Crippen LogP contribution in [0.15, 0.2) is 60.8 Å². The van der Waals surface area contributed by atoms with E-state index in [1.165, 1.54) is 11.8 Å². The number of carbonyl (C=O) groups excluding carboxylic acids is 10. The van der Waals surface area contributed by atoms with Gasteiger partial charge in [-0.2, -0.15) is 0 Å². The van der Waals surface area contributed by atoms with E-state index in [9.17, 15) is 57.8 Å². The Morgan fingerprint density at radius 3 is 1.88 bits per heavy atom. The second kappa shape index (κ2) is 30.7. The first-order valence-corrected chi connectivity index (χ1v) is 26.5. The van der Waals surface area contributed by atoms with Gasteiger partial charge >= 0.3 is 5.97 Å². The number of nitrogens with two attached hydrogens (primary N) is 3. The van der Waals surface area contributed by atoms with E-state index < -0.39 is 133 Å². The number of guanidine groups is 2. The molecule has 2 aliphatic heterocycles. The van der Waals surface area contributed by atoms with Gasteiger partial charge in [0.05, 0.1) is 13.0 Å². The Balaban J connectivity index is 1.51. The molecule has 1 aromatic heterocycles. The second-order valence-corrected chi connectivity index (χ2v) is 19.7. The van der Waals surface area contributed by atoms with Gasteiger partial charge in [0.15, 0.2) is 11.9 Å². The smallest absolute Gasteiger partial charge is 0.326 e. The molecule has 0 bridgehead atoms. The van der Waals surface area contributed by atoms with Crippen LogP contribution in [0.4, 0.5) is 0 Å². The number of piperazine rings is 1. The molecule has 29 heteroatoms. The molecule has 0 aliphatic carbocycles. The van der Waals surface area contributed by atoms with Crippen LogP contribution in [0.2, 0.25) is 0 Å². The minimum Gasteiger partial charge on any atom is -0.480 e. The van der Waals surface area contributed by atoms with Crippen molar-refractivity contribution in [1.82, 2.24) is 63.1 Å². The van der Waals surface area contributed by atoms with Crippen LogP contribution in [0.3, 0.4) is 0 Å². The van der Waals surface area contributed by atoms with Crippen LogP contribution in [0.25, 0.3) is 10.9 Å². The maximum Gasteiger partial charge on any atom is 0.326 e. The Kier molecular flexibility index (Phi) is 23.7. The van der Waals surface area contributed by atoms with E-state index in [4.69, 9.17) is 28.0 Å². The van der Waals surface area contributed by atoms with Gasteiger partial charge in [-0.25, -0.2) is 4.79 Å². The average Bonchev–Trinajstić information content (AvgIpc) is 3.84. The minimum absolute atomic E-state index is 0.0667. The predicted molar refractivity (Wildman–Crippen MR) is 293 cm³/mol. The molecule has 81 heavy (non-hydrogen) atoms. The highest BCUT2D eigenvalue weighted by molar-refractivity contribution is 6.00. The van der Waals surface area contributed by atoms with Crippen molar-refractivity contribution < 1.29 is 57.8 Å². The molecule has 2 aromatic carbocycles. The molecule has 8 atom stereocenters. The van der Waals surface area contributed by atoms with Gasteiger partial charge in [-0.1, -0.05) is 48.5 Å². The number of amides is 10. The summed E-state index contributed by atoms with van der Waals surface area (Å²) in [6, 6.07) is 3.70. The first-order valence-electron chi connectivity index (χ1n) is 26.5. The molecule has 0 saturated carbocycles. The number of rotatable bonds is 18. The molecule has 10 amide bonds.